The molecular formula is C23H31N6O17P3. The van der Waals surface area contributed by atoms with Gasteiger partial charge in [-0.25, -0.2) is 23.7 Å². The molecule has 49 heavy (non-hydrogen) atoms. The second kappa shape index (κ2) is 14.9. The number of phosphoric ester groups is 1. The SMILES string of the molecule is CC(C)CC(OCc1cn([C@H]2C[C@@H](O)[C@@H](COP(=O)(O)OP(=O)(O)OP(=O)(O)O)O2)c2ncnc(N)c12)c1c([N+](=O)[O-])cccc1[N+](=O)[O-]. The van der Waals surface area contributed by atoms with Crippen LogP contribution in [-0.4, -0.2) is 67.9 Å². The van der Waals surface area contributed by atoms with Gasteiger partial charge in [0.25, 0.3) is 11.4 Å². The summed E-state index contributed by atoms with van der Waals surface area (Å²) in [5.74, 6) is -0.128. The van der Waals surface area contributed by atoms with E-state index in [1.54, 1.807) is 13.8 Å². The molecule has 0 bridgehead atoms. The topological polar surface area (TPSA) is 342 Å². The third kappa shape index (κ3) is 9.71. The molecule has 0 radical (unpaired) electrons. The predicted octanol–water partition coefficient (Wildman–Crippen LogP) is 3.13. The summed E-state index contributed by atoms with van der Waals surface area (Å²) in [6, 6.07) is 3.48. The highest BCUT2D eigenvalue weighted by atomic mass is 31.3. The molecule has 2 aromatic heterocycles. The van der Waals surface area contributed by atoms with Gasteiger partial charge in [0.15, 0.2) is 0 Å². The lowest BCUT2D eigenvalue weighted by atomic mass is 9.96. The zero-order valence-electron chi connectivity index (χ0n) is 25.4. The number of ether oxygens (including phenoxy) is 2. The number of hydrogen-bond acceptors (Lipinski definition) is 16. The maximum atomic E-state index is 12.1. The summed E-state index contributed by atoms with van der Waals surface area (Å²) < 4.78 is 59.8. The quantitative estimate of drug-likeness (QED) is 0.0694. The highest BCUT2D eigenvalue weighted by Crippen LogP contribution is 2.66. The van der Waals surface area contributed by atoms with Gasteiger partial charge in [-0.3, -0.25) is 24.8 Å². The number of fused-ring (bicyclic) bond motifs is 1. The van der Waals surface area contributed by atoms with Gasteiger partial charge >= 0.3 is 23.5 Å². The number of hydrogen-bond donors (Lipinski definition) is 6. The van der Waals surface area contributed by atoms with Crippen molar-refractivity contribution in [3.05, 3.63) is 62.1 Å². The fourth-order valence-corrected chi connectivity index (χ4v) is 8.13. The summed E-state index contributed by atoms with van der Waals surface area (Å²) in [7, 11) is -16.9. The number of nitro benzene ring substituents is 2. The predicted molar refractivity (Wildman–Crippen MR) is 163 cm³/mol. The third-order valence-corrected chi connectivity index (χ3v) is 10.8. The minimum atomic E-state index is -5.77. The van der Waals surface area contributed by atoms with E-state index in [-0.39, 0.29) is 47.8 Å². The molecule has 1 aliphatic heterocycles. The molecular weight excluding hydrogens is 725 g/mol. The van der Waals surface area contributed by atoms with E-state index in [2.05, 4.69) is 23.1 Å². The molecule has 4 rings (SSSR count). The van der Waals surface area contributed by atoms with Crippen LogP contribution in [0.2, 0.25) is 0 Å². The van der Waals surface area contributed by atoms with E-state index < -0.39 is 75.8 Å². The Labute approximate surface area is 275 Å². The van der Waals surface area contributed by atoms with Crippen molar-refractivity contribution in [2.24, 2.45) is 5.92 Å². The molecule has 3 unspecified atom stereocenters. The summed E-state index contributed by atoms with van der Waals surface area (Å²) in [6.45, 7) is 2.39. The van der Waals surface area contributed by atoms with E-state index in [9.17, 15) is 48.8 Å². The number of aliphatic hydroxyl groups is 1. The van der Waals surface area contributed by atoms with Crippen molar-refractivity contribution in [3.8, 4) is 0 Å². The number of nitrogens with two attached hydrogens (primary N) is 1. The first-order chi connectivity index (χ1) is 22.7. The molecule has 3 heterocycles. The second-order valence-electron chi connectivity index (χ2n) is 11.0. The molecule has 1 aromatic carbocycles. The molecule has 1 saturated heterocycles. The maximum Gasteiger partial charge on any atom is 0.490 e. The van der Waals surface area contributed by atoms with Crippen molar-refractivity contribution in [1.82, 2.24) is 14.5 Å². The van der Waals surface area contributed by atoms with Gasteiger partial charge in [-0.1, -0.05) is 13.8 Å². The Morgan fingerprint density at radius 3 is 2.27 bits per heavy atom. The maximum absolute atomic E-state index is 12.1. The van der Waals surface area contributed by atoms with Crippen molar-refractivity contribution in [2.45, 2.75) is 57.8 Å². The van der Waals surface area contributed by atoms with Crippen LogP contribution in [0.5, 0.6) is 0 Å². The van der Waals surface area contributed by atoms with E-state index in [0.29, 0.717) is 5.56 Å². The Kier molecular flexibility index (Phi) is 11.7. The van der Waals surface area contributed by atoms with Crippen molar-refractivity contribution in [3.63, 3.8) is 0 Å². The molecule has 23 nitrogen and oxygen atoms in total. The highest BCUT2D eigenvalue weighted by molar-refractivity contribution is 7.66. The summed E-state index contributed by atoms with van der Waals surface area (Å²) in [6.07, 6.45) is -2.30. The fourth-order valence-electron chi connectivity index (χ4n) is 5.10. The zero-order chi connectivity index (χ0) is 36.5. The first-order valence-electron chi connectivity index (χ1n) is 13.9. The van der Waals surface area contributed by atoms with E-state index in [1.807, 2.05) is 0 Å². The highest BCUT2D eigenvalue weighted by Gasteiger charge is 2.43. The number of anilines is 1. The number of benzene rings is 1. The van der Waals surface area contributed by atoms with Gasteiger partial charge in [0.1, 0.15) is 35.7 Å². The number of nitrogens with zero attached hydrogens (tertiary/aromatic N) is 5. The van der Waals surface area contributed by atoms with Crippen LogP contribution in [0.1, 0.15) is 50.1 Å². The molecule has 7 N–H and O–H groups in total. The summed E-state index contributed by atoms with van der Waals surface area (Å²) in [5.41, 5.74) is 5.44. The van der Waals surface area contributed by atoms with Gasteiger partial charge in [-0.15, -0.1) is 0 Å². The number of nitrogen functional groups attached to an aromatic ring is 1. The number of rotatable bonds is 16. The standard InChI is InChI=1S/C23H31N6O17P3/c1-12(2)6-17(21-14(28(31)32)4-3-5-15(21)29(33)34)42-9-13-8-27(23-20(13)22(24)25-11-26-23)19-7-16(30)18(44-19)10-43-48(38,39)46-49(40,41)45-47(35,36)37/h3-5,8,11-12,16-19,30H,6-7,9-10H2,1-2H3,(H,38,39)(H,40,41)(H2,24,25,26)(H2,35,36,37)/t16-,17?,18-,19-/m1/s1. The van der Waals surface area contributed by atoms with Crippen LogP contribution < -0.4 is 5.73 Å². The monoisotopic (exact) mass is 756 g/mol. The summed E-state index contributed by atoms with van der Waals surface area (Å²) in [4.78, 5) is 66.9. The largest absolute Gasteiger partial charge is 0.490 e. The number of phosphoric acid groups is 3. The van der Waals surface area contributed by atoms with Crippen molar-refractivity contribution in [1.29, 1.82) is 0 Å². The lowest BCUT2D eigenvalue weighted by Crippen LogP contribution is -2.26. The lowest BCUT2D eigenvalue weighted by Gasteiger charge is -2.20. The minimum Gasteiger partial charge on any atom is -0.390 e. The molecule has 270 valence electrons. The Hall–Kier alpha value is -3.27. The zero-order valence-corrected chi connectivity index (χ0v) is 28.1. The Morgan fingerprint density at radius 1 is 1.06 bits per heavy atom. The normalized spacial score (nSPS) is 21.4. The fraction of sp³-hybridized carbons (Fsp3) is 0.478. The Bertz CT molecular complexity index is 1840. The average Bonchev–Trinajstić information content (AvgIpc) is 3.52. The number of nitro groups is 2. The number of aliphatic hydroxyl groups excluding tert-OH is 1. The van der Waals surface area contributed by atoms with Crippen LogP contribution in [0.25, 0.3) is 11.0 Å². The van der Waals surface area contributed by atoms with Gasteiger partial charge in [-0.05, 0) is 18.4 Å². The second-order valence-corrected chi connectivity index (χ2v) is 15.4. The molecule has 0 spiro atoms. The van der Waals surface area contributed by atoms with Crippen LogP contribution in [0, 0.1) is 26.1 Å². The molecule has 0 saturated carbocycles. The van der Waals surface area contributed by atoms with E-state index >= 15 is 0 Å². The molecule has 3 aromatic rings. The van der Waals surface area contributed by atoms with Gasteiger partial charge in [0.2, 0.25) is 0 Å². The Morgan fingerprint density at radius 2 is 1.69 bits per heavy atom. The molecule has 0 amide bonds. The number of aromatic nitrogens is 3. The molecule has 26 heteroatoms. The first kappa shape index (κ1) is 38.5. The minimum absolute atomic E-state index is 0.0119. The van der Waals surface area contributed by atoms with Gasteiger partial charge in [0, 0.05) is 30.3 Å². The smallest absolute Gasteiger partial charge is 0.390 e. The summed E-state index contributed by atoms with van der Waals surface area (Å²) in [5, 5.41) is 34.6. The van der Waals surface area contributed by atoms with Crippen LogP contribution in [-0.2, 0) is 42.9 Å². The van der Waals surface area contributed by atoms with E-state index in [1.165, 1.54) is 16.8 Å². The molecule has 6 atom stereocenters. The van der Waals surface area contributed by atoms with Crippen LogP contribution in [0.3, 0.4) is 0 Å². The molecule has 1 fully saturated rings. The molecule has 0 aliphatic carbocycles. The van der Waals surface area contributed by atoms with Gasteiger partial charge in [-0.2, -0.15) is 8.62 Å². The van der Waals surface area contributed by atoms with Crippen molar-refractivity contribution in [2.75, 3.05) is 12.3 Å². The lowest BCUT2D eigenvalue weighted by molar-refractivity contribution is -0.396. The Balaban J connectivity index is 1.58. The van der Waals surface area contributed by atoms with E-state index in [0.717, 1.165) is 18.5 Å². The average molecular weight is 756 g/mol. The van der Waals surface area contributed by atoms with Crippen LogP contribution in [0.4, 0.5) is 17.2 Å². The van der Waals surface area contributed by atoms with Crippen LogP contribution in [0.15, 0.2) is 30.7 Å². The van der Waals surface area contributed by atoms with Crippen molar-refractivity contribution >= 4 is 51.7 Å². The third-order valence-electron chi connectivity index (χ3n) is 6.95. The van der Waals surface area contributed by atoms with Crippen molar-refractivity contribution < 1.29 is 70.8 Å². The van der Waals surface area contributed by atoms with Crippen LogP contribution >= 0.6 is 23.5 Å². The molecule has 1 aliphatic rings. The first-order valence-corrected chi connectivity index (χ1v) is 18.4. The van der Waals surface area contributed by atoms with Gasteiger partial charge in [0.05, 0.1) is 40.7 Å². The summed E-state index contributed by atoms with van der Waals surface area (Å²) >= 11 is 0. The van der Waals surface area contributed by atoms with Gasteiger partial charge < -0.3 is 44.5 Å². The van der Waals surface area contributed by atoms with E-state index in [4.69, 9.17) is 25.0 Å².